The zero-order chi connectivity index (χ0) is 17.9. The minimum Gasteiger partial charge on any atom is -0.427 e. The lowest BCUT2D eigenvalue weighted by molar-refractivity contribution is -0.143. The molecule has 0 radical (unpaired) electrons. The van der Waals surface area contributed by atoms with Gasteiger partial charge < -0.3 is 9.64 Å². The Morgan fingerprint density at radius 1 is 1.12 bits per heavy atom. The maximum atomic E-state index is 13.4. The number of aryl methyl sites for hydroxylation is 2. The number of amides is 1. The van der Waals surface area contributed by atoms with Gasteiger partial charge in [-0.1, -0.05) is 18.2 Å². The van der Waals surface area contributed by atoms with Gasteiger partial charge >= 0.3 is 5.97 Å². The highest BCUT2D eigenvalue weighted by atomic mass is 16.5. The molecule has 0 saturated heterocycles. The summed E-state index contributed by atoms with van der Waals surface area (Å²) in [6.45, 7) is 8.02. The number of carbonyl (C=O) groups is 2. The minimum absolute atomic E-state index is 0.00324. The fraction of sp³-hybridized carbons (Fsp3) is 0.524. The van der Waals surface area contributed by atoms with E-state index in [-0.39, 0.29) is 23.8 Å². The molecule has 132 valence electrons. The molecule has 2 fully saturated rings. The summed E-state index contributed by atoms with van der Waals surface area (Å²) in [5.74, 6) is 0.368. The first kappa shape index (κ1) is 16.4. The summed E-state index contributed by atoms with van der Waals surface area (Å²) < 4.78 is 5.88. The second kappa shape index (κ2) is 5.45. The van der Waals surface area contributed by atoms with Crippen LogP contribution in [0.25, 0.3) is 5.57 Å². The van der Waals surface area contributed by atoms with Crippen LogP contribution in [-0.4, -0.2) is 28.4 Å². The topological polar surface area (TPSA) is 46.6 Å². The molecule has 0 N–H and O–H groups in total. The van der Waals surface area contributed by atoms with Gasteiger partial charge in [0.25, 0.3) is 5.91 Å². The number of hydrogen-bond donors (Lipinski definition) is 0. The summed E-state index contributed by atoms with van der Waals surface area (Å²) in [5, 5.41) is 0. The molecule has 1 aromatic rings. The molecule has 1 aromatic carbocycles. The third-order valence-corrected chi connectivity index (χ3v) is 5.57. The lowest BCUT2D eigenvalue weighted by atomic mass is 9.93. The van der Waals surface area contributed by atoms with Gasteiger partial charge in [-0.3, -0.25) is 9.59 Å². The van der Waals surface area contributed by atoms with Gasteiger partial charge in [0, 0.05) is 6.04 Å². The molecule has 4 rings (SSSR count). The van der Waals surface area contributed by atoms with E-state index >= 15 is 0 Å². The molecule has 2 aliphatic carbocycles. The number of carbonyl (C=O) groups excluding carboxylic acids is 2. The van der Waals surface area contributed by atoms with Crippen molar-refractivity contribution in [2.24, 2.45) is 5.92 Å². The van der Waals surface area contributed by atoms with Crippen molar-refractivity contribution >= 4 is 17.4 Å². The van der Waals surface area contributed by atoms with Crippen molar-refractivity contribution in [2.75, 3.05) is 0 Å². The standard InChI is InChI=1S/C21H25NO3/c1-12-6-5-7-13(2)16(12)17-18(25-20(24)14-8-9-14)21(3,4)22(19(17)23)15-10-11-15/h5-7,14-15H,8-11H2,1-4H3. The van der Waals surface area contributed by atoms with E-state index in [9.17, 15) is 9.59 Å². The SMILES string of the molecule is Cc1cccc(C)c1C1=C(OC(=O)C2CC2)C(C)(C)N(C2CC2)C1=O. The van der Waals surface area contributed by atoms with E-state index in [1.807, 2.05) is 50.8 Å². The predicted molar refractivity (Wildman–Crippen MR) is 95.6 cm³/mol. The molecular weight excluding hydrogens is 314 g/mol. The van der Waals surface area contributed by atoms with Gasteiger partial charge in [0.1, 0.15) is 5.76 Å². The van der Waals surface area contributed by atoms with Crippen molar-refractivity contribution in [3.8, 4) is 0 Å². The van der Waals surface area contributed by atoms with E-state index in [1.54, 1.807) is 0 Å². The Kier molecular flexibility index (Phi) is 3.57. The fourth-order valence-electron chi connectivity index (χ4n) is 3.95. The molecule has 2 saturated carbocycles. The molecule has 0 bridgehead atoms. The molecule has 0 unspecified atom stereocenters. The first-order valence-corrected chi connectivity index (χ1v) is 9.19. The number of esters is 1. The van der Waals surface area contributed by atoms with Gasteiger partial charge in [-0.25, -0.2) is 0 Å². The van der Waals surface area contributed by atoms with Crippen LogP contribution in [0.15, 0.2) is 24.0 Å². The zero-order valence-corrected chi connectivity index (χ0v) is 15.4. The molecule has 1 amide bonds. The highest BCUT2D eigenvalue weighted by Crippen LogP contribution is 2.48. The maximum Gasteiger partial charge on any atom is 0.314 e. The number of hydrogen-bond acceptors (Lipinski definition) is 3. The summed E-state index contributed by atoms with van der Waals surface area (Å²) >= 11 is 0. The Morgan fingerprint density at radius 2 is 1.72 bits per heavy atom. The first-order chi connectivity index (χ1) is 11.8. The van der Waals surface area contributed by atoms with Gasteiger partial charge in [0.05, 0.1) is 17.0 Å². The Hall–Kier alpha value is -2.10. The summed E-state index contributed by atoms with van der Waals surface area (Å²) in [5.41, 5.74) is 2.99. The average molecular weight is 339 g/mol. The highest BCUT2D eigenvalue weighted by Gasteiger charge is 2.54. The normalized spacial score (nSPS) is 22.6. The molecule has 4 heteroatoms. The Morgan fingerprint density at radius 3 is 2.24 bits per heavy atom. The smallest absolute Gasteiger partial charge is 0.314 e. The number of benzene rings is 1. The second-order valence-electron chi connectivity index (χ2n) is 8.13. The van der Waals surface area contributed by atoms with E-state index in [4.69, 9.17) is 4.74 Å². The van der Waals surface area contributed by atoms with Crippen molar-refractivity contribution in [3.05, 3.63) is 40.6 Å². The molecule has 0 aromatic heterocycles. The van der Waals surface area contributed by atoms with Crippen LogP contribution < -0.4 is 0 Å². The summed E-state index contributed by atoms with van der Waals surface area (Å²) in [6, 6.07) is 6.28. The van der Waals surface area contributed by atoms with Crippen LogP contribution in [0, 0.1) is 19.8 Å². The van der Waals surface area contributed by atoms with Crippen molar-refractivity contribution in [2.45, 2.75) is 65.0 Å². The van der Waals surface area contributed by atoms with Crippen LogP contribution >= 0.6 is 0 Å². The molecular formula is C21H25NO3. The quantitative estimate of drug-likeness (QED) is 0.785. The lowest BCUT2D eigenvalue weighted by Crippen LogP contribution is -2.45. The molecule has 25 heavy (non-hydrogen) atoms. The molecule has 4 nitrogen and oxygen atoms in total. The van der Waals surface area contributed by atoms with E-state index in [0.717, 1.165) is 42.4 Å². The second-order valence-corrected chi connectivity index (χ2v) is 8.13. The van der Waals surface area contributed by atoms with E-state index < -0.39 is 5.54 Å². The summed E-state index contributed by atoms with van der Waals surface area (Å²) in [4.78, 5) is 27.7. The largest absolute Gasteiger partial charge is 0.427 e. The van der Waals surface area contributed by atoms with Crippen LogP contribution in [-0.2, 0) is 14.3 Å². The van der Waals surface area contributed by atoms with E-state index in [0.29, 0.717) is 11.3 Å². The van der Waals surface area contributed by atoms with Crippen LogP contribution in [0.4, 0.5) is 0 Å². The maximum absolute atomic E-state index is 13.4. The minimum atomic E-state index is -0.590. The van der Waals surface area contributed by atoms with E-state index in [2.05, 4.69) is 0 Å². The van der Waals surface area contributed by atoms with E-state index in [1.165, 1.54) is 0 Å². The van der Waals surface area contributed by atoms with Crippen molar-refractivity contribution in [3.63, 3.8) is 0 Å². The van der Waals surface area contributed by atoms with Gasteiger partial charge in [-0.05, 0) is 70.1 Å². The van der Waals surface area contributed by atoms with Gasteiger partial charge in [0.2, 0.25) is 0 Å². The van der Waals surface area contributed by atoms with Crippen molar-refractivity contribution in [1.29, 1.82) is 0 Å². The average Bonchev–Trinajstić information content (AvgIpc) is 3.42. The Balaban J connectivity index is 1.87. The lowest BCUT2D eigenvalue weighted by Gasteiger charge is -2.33. The summed E-state index contributed by atoms with van der Waals surface area (Å²) in [6.07, 6.45) is 3.84. The third-order valence-electron chi connectivity index (χ3n) is 5.57. The van der Waals surface area contributed by atoms with Crippen LogP contribution in [0.5, 0.6) is 0 Å². The summed E-state index contributed by atoms with van der Waals surface area (Å²) in [7, 11) is 0. The van der Waals surface area contributed by atoms with Crippen molar-refractivity contribution in [1.82, 2.24) is 4.90 Å². The highest BCUT2D eigenvalue weighted by molar-refractivity contribution is 6.24. The van der Waals surface area contributed by atoms with Crippen LogP contribution in [0.1, 0.15) is 56.2 Å². The Bertz CT molecular complexity index is 777. The van der Waals surface area contributed by atoms with Crippen molar-refractivity contribution < 1.29 is 14.3 Å². The van der Waals surface area contributed by atoms with Gasteiger partial charge in [-0.2, -0.15) is 0 Å². The number of rotatable bonds is 4. The number of ether oxygens (including phenoxy) is 1. The number of nitrogens with zero attached hydrogens (tertiary/aromatic N) is 1. The fourth-order valence-corrected chi connectivity index (χ4v) is 3.95. The zero-order valence-electron chi connectivity index (χ0n) is 15.4. The van der Waals surface area contributed by atoms with Crippen LogP contribution in [0.3, 0.4) is 0 Å². The van der Waals surface area contributed by atoms with Gasteiger partial charge in [-0.15, -0.1) is 0 Å². The molecule has 0 atom stereocenters. The van der Waals surface area contributed by atoms with Gasteiger partial charge in [0.15, 0.2) is 0 Å². The molecule has 0 spiro atoms. The first-order valence-electron chi connectivity index (χ1n) is 9.19. The Labute approximate surface area is 148 Å². The van der Waals surface area contributed by atoms with Crippen LogP contribution in [0.2, 0.25) is 0 Å². The third kappa shape index (κ3) is 2.59. The molecule has 1 aliphatic heterocycles. The molecule has 3 aliphatic rings. The molecule has 1 heterocycles. The predicted octanol–water partition coefficient (Wildman–Crippen LogP) is 3.75. The monoisotopic (exact) mass is 339 g/mol.